The molecule has 2 aliphatic carbocycles. The molecule has 0 spiro atoms. The smallest absolute Gasteiger partial charge is 0.410 e. The fourth-order valence-electron chi connectivity index (χ4n) is 7.12. The lowest BCUT2D eigenvalue weighted by Gasteiger charge is -2.29. The van der Waals surface area contributed by atoms with Gasteiger partial charge in [0, 0.05) is 37.3 Å². The first kappa shape index (κ1) is 39.8. The highest BCUT2D eigenvalue weighted by molar-refractivity contribution is 7.90. The monoisotopic (exact) mass is 757 g/mol. The van der Waals surface area contributed by atoms with Crippen LogP contribution in [0.15, 0.2) is 43.0 Å². The number of carbonyl (C=O) groups is 6. The molecule has 1 aromatic rings. The van der Waals surface area contributed by atoms with E-state index >= 15 is 0 Å². The molecule has 0 bridgehead atoms. The fourth-order valence-corrected chi connectivity index (χ4v) is 8.50. The maximum Gasteiger partial charge on any atom is 0.410 e. The van der Waals surface area contributed by atoms with Gasteiger partial charge in [0.1, 0.15) is 17.5 Å². The van der Waals surface area contributed by atoms with Gasteiger partial charge in [-0.25, -0.2) is 17.6 Å². The van der Waals surface area contributed by atoms with Gasteiger partial charge in [0.25, 0.3) is 0 Å². The molecule has 2 saturated carbocycles. The standard InChI is InChI=1S/C38H48FN3O10S/c1-7-25-17-38(25,35(47)40-53(49,50)27-12-13-27)18-32(44)30-16-26(51-36(48)41-19-24-9-8-10-29(39)28(24)21-41)20-42(30)34(46)23(11-14-31(43)22(2)3)15-33(45)52-37(4,5)6/h7-10,23,25-27,30H,1-2,11-21H2,3-6H3,(H,40,47)/t23-,25-,26?,30+,38-/m1/s1. The summed E-state index contributed by atoms with van der Waals surface area (Å²) in [5.41, 5.74) is -1.01. The van der Waals surface area contributed by atoms with Gasteiger partial charge < -0.3 is 14.4 Å². The molecule has 1 saturated heterocycles. The first-order chi connectivity index (χ1) is 24.7. The first-order valence-electron chi connectivity index (χ1n) is 17.9. The van der Waals surface area contributed by atoms with Crippen molar-refractivity contribution in [2.24, 2.45) is 17.3 Å². The third-order valence-electron chi connectivity index (χ3n) is 10.3. The van der Waals surface area contributed by atoms with Crippen molar-refractivity contribution in [1.82, 2.24) is 14.5 Å². The summed E-state index contributed by atoms with van der Waals surface area (Å²) in [6, 6.07) is 3.33. The van der Waals surface area contributed by atoms with Crippen LogP contribution in [-0.2, 0) is 56.6 Å². The van der Waals surface area contributed by atoms with Crippen molar-refractivity contribution in [3.05, 3.63) is 60.0 Å². The van der Waals surface area contributed by atoms with E-state index in [-0.39, 0.29) is 56.7 Å². The summed E-state index contributed by atoms with van der Waals surface area (Å²) in [6.07, 6.45) is -0.390. The van der Waals surface area contributed by atoms with Crippen LogP contribution in [-0.4, -0.2) is 83.2 Å². The van der Waals surface area contributed by atoms with E-state index in [1.54, 1.807) is 32.9 Å². The van der Waals surface area contributed by atoms with Crippen molar-refractivity contribution < 1.29 is 51.0 Å². The van der Waals surface area contributed by atoms with Crippen LogP contribution in [0.4, 0.5) is 9.18 Å². The minimum absolute atomic E-state index is 0.0301. The van der Waals surface area contributed by atoms with Crippen LogP contribution in [0.3, 0.4) is 0 Å². The second kappa shape index (κ2) is 15.2. The van der Waals surface area contributed by atoms with Crippen LogP contribution >= 0.6 is 0 Å². The van der Waals surface area contributed by atoms with Gasteiger partial charge in [0.2, 0.25) is 21.8 Å². The Morgan fingerprint density at radius 1 is 1.13 bits per heavy atom. The van der Waals surface area contributed by atoms with E-state index in [9.17, 15) is 41.6 Å². The molecule has 13 nitrogen and oxygen atoms in total. The van der Waals surface area contributed by atoms with E-state index in [2.05, 4.69) is 17.9 Å². The number of fused-ring (bicyclic) bond motifs is 1. The third kappa shape index (κ3) is 9.22. The van der Waals surface area contributed by atoms with Crippen LogP contribution in [0.5, 0.6) is 0 Å². The lowest BCUT2D eigenvalue weighted by atomic mass is 9.90. The van der Waals surface area contributed by atoms with Gasteiger partial charge in [-0.1, -0.05) is 24.8 Å². The number of rotatable bonds is 15. The number of Topliss-reactive ketones (excluding diaryl/α,β-unsaturated/α-hetero) is 2. The molecule has 2 heterocycles. The number of ether oxygens (including phenoxy) is 2. The highest BCUT2D eigenvalue weighted by Gasteiger charge is 2.61. The molecule has 288 valence electrons. The van der Waals surface area contributed by atoms with E-state index in [0.717, 1.165) is 0 Å². The van der Waals surface area contributed by atoms with E-state index in [0.29, 0.717) is 24.0 Å². The molecule has 15 heteroatoms. The molecule has 3 amide bonds. The zero-order valence-corrected chi connectivity index (χ0v) is 31.5. The highest BCUT2D eigenvalue weighted by Crippen LogP contribution is 2.57. The number of allylic oxidation sites excluding steroid dienone is 2. The van der Waals surface area contributed by atoms with Gasteiger partial charge in [0.15, 0.2) is 11.6 Å². The predicted molar refractivity (Wildman–Crippen MR) is 189 cm³/mol. The summed E-state index contributed by atoms with van der Waals surface area (Å²) in [5.74, 6) is -5.08. The Morgan fingerprint density at radius 3 is 2.42 bits per heavy atom. The number of sulfonamides is 1. The van der Waals surface area contributed by atoms with Gasteiger partial charge in [-0.15, -0.1) is 6.58 Å². The molecule has 3 fully saturated rings. The van der Waals surface area contributed by atoms with E-state index in [1.807, 2.05) is 0 Å². The first-order valence-corrected chi connectivity index (χ1v) is 19.4. The van der Waals surface area contributed by atoms with Crippen LogP contribution in [0.2, 0.25) is 0 Å². The number of likely N-dealkylation sites (tertiary alicyclic amines) is 1. The molecule has 1 unspecified atom stereocenters. The van der Waals surface area contributed by atoms with E-state index in [1.165, 1.54) is 28.9 Å². The molecule has 5 atom stereocenters. The zero-order valence-electron chi connectivity index (χ0n) is 30.7. The molecule has 4 aliphatic rings. The summed E-state index contributed by atoms with van der Waals surface area (Å²) in [4.78, 5) is 83.5. The Morgan fingerprint density at radius 2 is 1.83 bits per heavy atom. The van der Waals surface area contributed by atoms with Crippen molar-refractivity contribution in [2.45, 2.75) is 115 Å². The summed E-state index contributed by atoms with van der Waals surface area (Å²) in [6.45, 7) is 13.8. The Labute approximate surface area is 309 Å². The Balaban J connectivity index is 1.39. The molecular weight excluding hydrogens is 709 g/mol. The van der Waals surface area contributed by atoms with Crippen LogP contribution in [0.25, 0.3) is 0 Å². The molecule has 1 N–H and O–H groups in total. The number of carbonyl (C=O) groups excluding carboxylic acids is 6. The fraction of sp³-hybridized carbons (Fsp3) is 0.579. The van der Waals surface area contributed by atoms with Crippen LogP contribution in [0, 0.1) is 23.1 Å². The Kier molecular flexibility index (Phi) is 11.4. The Hall–Kier alpha value is -4.40. The van der Waals surface area contributed by atoms with Crippen molar-refractivity contribution in [1.29, 1.82) is 0 Å². The van der Waals surface area contributed by atoms with Gasteiger partial charge in [0.05, 0.1) is 36.2 Å². The maximum absolute atomic E-state index is 14.4. The third-order valence-corrected chi connectivity index (χ3v) is 12.1. The van der Waals surface area contributed by atoms with Gasteiger partial charge in [-0.3, -0.25) is 33.6 Å². The maximum atomic E-state index is 14.4. The number of ketones is 2. The molecule has 1 aromatic carbocycles. The minimum atomic E-state index is -3.92. The van der Waals surface area contributed by atoms with Gasteiger partial charge in [-0.2, -0.15) is 0 Å². The molecule has 5 rings (SSSR count). The molecular formula is C38H48FN3O10S. The number of nitrogens with one attached hydrogen (secondary N) is 1. The van der Waals surface area contributed by atoms with Crippen molar-refractivity contribution in [3.8, 4) is 0 Å². The average molecular weight is 758 g/mol. The van der Waals surface area contributed by atoms with Crippen molar-refractivity contribution in [2.75, 3.05) is 6.54 Å². The number of hydrogen-bond donors (Lipinski definition) is 1. The number of hydrogen-bond acceptors (Lipinski definition) is 10. The largest absolute Gasteiger partial charge is 0.460 e. The minimum Gasteiger partial charge on any atom is -0.460 e. The summed E-state index contributed by atoms with van der Waals surface area (Å²) in [7, 11) is -3.92. The van der Waals surface area contributed by atoms with Gasteiger partial charge >= 0.3 is 12.1 Å². The lowest BCUT2D eigenvalue weighted by molar-refractivity contribution is -0.159. The van der Waals surface area contributed by atoms with E-state index in [4.69, 9.17) is 9.47 Å². The SMILES string of the molecule is C=C[C@@H]1C[C@]1(CC(=O)[C@@H]1CC(OC(=O)N2Cc3cccc(F)c3C2)CN1C(=O)[C@H](CCC(=O)C(=C)C)CC(=O)OC(C)(C)C)C(=O)NS(=O)(=O)C1CC1. The molecule has 0 aromatic heterocycles. The average Bonchev–Trinajstić information content (AvgIpc) is 3.96. The number of nitrogens with zero attached hydrogens (tertiary/aromatic N) is 2. The molecule has 0 radical (unpaired) electrons. The van der Waals surface area contributed by atoms with E-state index < -0.39 is 98.6 Å². The van der Waals surface area contributed by atoms with Crippen LogP contribution < -0.4 is 4.72 Å². The summed E-state index contributed by atoms with van der Waals surface area (Å²) < 4.78 is 53.2. The number of esters is 1. The lowest BCUT2D eigenvalue weighted by Crippen LogP contribution is -2.46. The molecule has 53 heavy (non-hydrogen) atoms. The van der Waals surface area contributed by atoms with Gasteiger partial charge in [-0.05, 0) is 76.5 Å². The number of benzene rings is 1. The second-order valence-electron chi connectivity index (χ2n) is 15.7. The van der Waals surface area contributed by atoms with Crippen LogP contribution in [0.1, 0.15) is 90.2 Å². The number of amides is 3. The molecule has 2 aliphatic heterocycles. The summed E-state index contributed by atoms with van der Waals surface area (Å²) in [5, 5.41) is -0.669. The van der Waals surface area contributed by atoms with Crippen molar-refractivity contribution in [3.63, 3.8) is 0 Å². The van der Waals surface area contributed by atoms with Crippen molar-refractivity contribution >= 4 is 45.5 Å². The predicted octanol–water partition coefficient (Wildman–Crippen LogP) is 4.28. The second-order valence-corrected chi connectivity index (χ2v) is 17.7. The topological polar surface area (TPSA) is 174 Å². The highest BCUT2D eigenvalue weighted by atomic mass is 32.2. The number of halogens is 1. The zero-order chi connectivity index (χ0) is 39.0. The Bertz CT molecular complexity index is 1830. The quantitative estimate of drug-likeness (QED) is 0.155. The normalized spacial score (nSPS) is 24.1. The summed E-state index contributed by atoms with van der Waals surface area (Å²) >= 11 is 0.